The minimum Gasteiger partial charge on any atom is -0.307 e. The van der Waals surface area contributed by atoms with Gasteiger partial charge in [-0.05, 0) is 59.2 Å². The van der Waals surface area contributed by atoms with Gasteiger partial charge in [0, 0.05) is 34.9 Å². The third-order valence-corrected chi connectivity index (χ3v) is 7.34. The summed E-state index contributed by atoms with van der Waals surface area (Å²) in [5, 5.41) is 7.42. The van der Waals surface area contributed by atoms with E-state index in [1.165, 1.54) is 0 Å². The summed E-state index contributed by atoms with van der Waals surface area (Å²) in [6, 6.07) is 17.2. The summed E-state index contributed by atoms with van der Waals surface area (Å²) in [4.78, 5) is 32.5. The molecule has 2 aromatic heterocycles. The zero-order valence-electron chi connectivity index (χ0n) is 24.3. The van der Waals surface area contributed by atoms with Crippen molar-refractivity contribution in [1.82, 2.24) is 9.55 Å². The van der Waals surface area contributed by atoms with Crippen molar-refractivity contribution in [3.8, 4) is 23.0 Å². The Bertz CT molecular complexity index is 1650. The third-order valence-electron chi connectivity index (χ3n) is 7.06. The van der Waals surface area contributed by atoms with Crippen LogP contribution in [0.4, 0.5) is 16.2 Å². The van der Waals surface area contributed by atoms with E-state index in [-0.39, 0.29) is 23.1 Å². The van der Waals surface area contributed by atoms with Crippen molar-refractivity contribution in [2.45, 2.75) is 65.8 Å². The molecule has 0 saturated carbocycles. The predicted molar refractivity (Wildman–Crippen MR) is 174 cm³/mol. The summed E-state index contributed by atoms with van der Waals surface area (Å²) >= 11 is 3.35. The van der Waals surface area contributed by atoms with E-state index in [2.05, 4.69) is 78.0 Å². The Labute approximate surface area is 250 Å². The van der Waals surface area contributed by atoms with Crippen LogP contribution in [-0.2, 0) is 6.54 Å². The molecule has 2 amide bonds. The Morgan fingerprint density at radius 2 is 1.66 bits per heavy atom. The van der Waals surface area contributed by atoms with Gasteiger partial charge in [-0.1, -0.05) is 99.1 Å². The van der Waals surface area contributed by atoms with Crippen molar-refractivity contribution in [3.63, 3.8) is 0 Å². The van der Waals surface area contributed by atoms with Crippen LogP contribution in [0, 0.1) is 11.8 Å². The molecule has 0 aliphatic rings. The topological polar surface area (TPSA) is 76.0 Å². The second-order valence-corrected chi connectivity index (χ2v) is 11.2. The third kappa shape index (κ3) is 6.71. The maximum Gasteiger partial charge on any atom is 0.323 e. The van der Waals surface area contributed by atoms with E-state index in [4.69, 9.17) is 0 Å². The average Bonchev–Trinajstić information content (AvgIpc) is 2.96. The molecule has 2 aromatic carbocycles. The lowest BCUT2D eigenvalue weighted by molar-refractivity contribution is 0.262. The van der Waals surface area contributed by atoms with E-state index in [9.17, 15) is 9.59 Å². The highest BCUT2D eigenvalue weighted by Gasteiger charge is 2.22. The first kappa shape index (κ1) is 30.1. The van der Waals surface area contributed by atoms with Crippen molar-refractivity contribution >= 4 is 44.4 Å². The molecule has 0 aliphatic carbocycles. The Morgan fingerprint density at radius 1 is 0.976 bits per heavy atom. The molecule has 212 valence electrons. The fourth-order valence-corrected chi connectivity index (χ4v) is 5.20. The highest BCUT2D eigenvalue weighted by Crippen LogP contribution is 2.35. The van der Waals surface area contributed by atoms with Crippen molar-refractivity contribution in [2.24, 2.45) is 0 Å². The second-order valence-electron chi connectivity index (χ2n) is 10.7. The van der Waals surface area contributed by atoms with E-state index in [0.717, 1.165) is 46.2 Å². The van der Waals surface area contributed by atoms with Crippen LogP contribution in [-0.4, -0.2) is 20.9 Å². The summed E-state index contributed by atoms with van der Waals surface area (Å²) in [7, 11) is 0. The highest BCUT2D eigenvalue weighted by atomic mass is 79.9. The molecular formula is C34H37BrN4O2. The summed E-state index contributed by atoms with van der Waals surface area (Å²) in [5.41, 5.74) is 5.64. The van der Waals surface area contributed by atoms with Crippen molar-refractivity contribution in [1.29, 1.82) is 0 Å². The van der Waals surface area contributed by atoms with Gasteiger partial charge in [0.1, 0.15) is 11.3 Å². The number of urea groups is 1. The number of para-hydroxylation sites is 1. The lowest BCUT2D eigenvalue weighted by atomic mass is 9.93. The lowest BCUT2D eigenvalue weighted by Gasteiger charge is -2.21. The summed E-state index contributed by atoms with van der Waals surface area (Å²) < 4.78 is 1.67. The lowest BCUT2D eigenvalue weighted by Crippen LogP contribution is -2.30. The smallest absolute Gasteiger partial charge is 0.307 e. The summed E-state index contributed by atoms with van der Waals surface area (Å²) in [6.07, 6.45) is 3.43. The number of nitrogens with one attached hydrogen (secondary N) is 2. The van der Waals surface area contributed by atoms with Gasteiger partial charge in [-0.25, -0.2) is 9.78 Å². The highest BCUT2D eigenvalue weighted by molar-refractivity contribution is 9.09. The van der Waals surface area contributed by atoms with Crippen molar-refractivity contribution in [3.05, 3.63) is 87.8 Å². The number of unbranched alkanes of at least 4 members (excludes halogenated alkanes) is 1. The molecular weight excluding hydrogens is 576 g/mol. The number of hydrogen-bond acceptors (Lipinski definition) is 3. The SMILES string of the molecule is CCCCn1c(=O)c(NC(=O)Nc2c(C(C)C)cccc2C(C)C)c(-c2cccc(C#CCBr)c2)c2cccnc21. The Hall–Kier alpha value is -3.89. The molecule has 4 rings (SSSR count). The number of alkyl halides is 1. The minimum absolute atomic E-state index is 0.209. The number of nitrogens with zero attached hydrogens (tertiary/aromatic N) is 2. The summed E-state index contributed by atoms with van der Waals surface area (Å²) in [5.74, 6) is 6.59. The number of fused-ring (bicyclic) bond motifs is 1. The molecule has 0 fully saturated rings. The Morgan fingerprint density at radius 3 is 2.32 bits per heavy atom. The zero-order chi connectivity index (χ0) is 29.5. The molecule has 2 heterocycles. The normalized spacial score (nSPS) is 11.0. The van der Waals surface area contributed by atoms with Crippen LogP contribution in [0.15, 0.2) is 65.6 Å². The van der Waals surface area contributed by atoms with Crippen LogP contribution in [0.25, 0.3) is 22.2 Å². The number of rotatable bonds is 8. The first-order valence-electron chi connectivity index (χ1n) is 14.1. The largest absolute Gasteiger partial charge is 0.323 e. The van der Waals surface area contributed by atoms with Gasteiger partial charge in [-0.3, -0.25) is 9.36 Å². The van der Waals surface area contributed by atoms with Gasteiger partial charge in [0.05, 0.1) is 5.33 Å². The molecule has 7 heteroatoms. The van der Waals surface area contributed by atoms with E-state index in [1.807, 2.05) is 54.6 Å². The van der Waals surface area contributed by atoms with Crippen LogP contribution in [0.2, 0.25) is 0 Å². The number of hydrogen-bond donors (Lipinski definition) is 2. The van der Waals surface area contributed by atoms with Crippen molar-refractivity contribution < 1.29 is 4.79 Å². The van der Waals surface area contributed by atoms with Gasteiger partial charge in [-0.2, -0.15) is 0 Å². The van der Waals surface area contributed by atoms with E-state index >= 15 is 0 Å². The molecule has 0 saturated heterocycles. The second kappa shape index (κ2) is 13.6. The van der Waals surface area contributed by atoms with E-state index < -0.39 is 6.03 Å². The van der Waals surface area contributed by atoms with Gasteiger partial charge in [0.2, 0.25) is 0 Å². The summed E-state index contributed by atoms with van der Waals surface area (Å²) in [6.45, 7) is 11.0. The quantitative estimate of drug-likeness (QED) is 0.155. The molecule has 0 aliphatic heterocycles. The molecule has 0 spiro atoms. The maximum absolute atomic E-state index is 14.1. The van der Waals surface area contributed by atoms with Crippen LogP contribution >= 0.6 is 15.9 Å². The minimum atomic E-state index is -0.459. The average molecular weight is 614 g/mol. The molecule has 41 heavy (non-hydrogen) atoms. The standard InChI is InChI=1S/C34H37BrN4O2/c1-6-7-20-39-32-28(17-11-19-36-32)29(25-14-8-12-24(21-25)13-10-18-35)31(33(39)40)38-34(41)37-30-26(22(2)3)15-9-16-27(30)23(4)5/h8-9,11-12,14-17,19,21-23H,6-7,18,20H2,1-5H3,(H2,37,38,41). The van der Waals surface area contributed by atoms with Gasteiger partial charge >= 0.3 is 6.03 Å². The number of pyridine rings is 2. The van der Waals surface area contributed by atoms with E-state index in [0.29, 0.717) is 23.1 Å². The number of amides is 2. The van der Waals surface area contributed by atoms with E-state index in [1.54, 1.807) is 10.8 Å². The van der Waals surface area contributed by atoms with Crippen LogP contribution in [0.3, 0.4) is 0 Å². The zero-order valence-corrected chi connectivity index (χ0v) is 25.9. The van der Waals surface area contributed by atoms with Gasteiger partial charge < -0.3 is 10.6 Å². The van der Waals surface area contributed by atoms with Gasteiger partial charge in [-0.15, -0.1) is 0 Å². The number of carbonyl (C=O) groups excluding carboxylic acids is 1. The van der Waals surface area contributed by atoms with Crippen LogP contribution in [0.5, 0.6) is 0 Å². The molecule has 4 aromatic rings. The number of benzene rings is 2. The fourth-order valence-electron chi connectivity index (χ4n) is 5.06. The molecule has 0 bridgehead atoms. The fraction of sp³-hybridized carbons (Fsp3) is 0.324. The number of carbonyl (C=O) groups is 1. The first-order chi connectivity index (χ1) is 19.8. The maximum atomic E-state index is 14.1. The number of halogens is 1. The first-order valence-corrected chi connectivity index (χ1v) is 15.3. The molecule has 0 unspecified atom stereocenters. The molecule has 2 N–H and O–H groups in total. The van der Waals surface area contributed by atoms with Gasteiger partial charge in [0.25, 0.3) is 5.56 Å². The Balaban J connectivity index is 1.91. The number of aromatic nitrogens is 2. The van der Waals surface area contributed by atoms with Crippen LogP contribution < -0.4 is 16.2 Å². The molecule has 0 radical (unpaired) electrons. The number of aryl methyl sites for hydroxylation is 1. The Kier molecular flexibility index (Phi) is 10.0. The predicted octanol–water partition coefficient (Wildman–Crippen LogP) is 8.50. The molecule has 0 atom stereocenters. The monoisotopic (exact) mass is 612 g/mol. The van der Waals surface area contributed by atoms with Crippen molar-refractivity contribution in [2.75, 3.05) is 16.0 Å². The molecule has 6 nitrogen and oxygen atoms in total. The number of anilines is 2. The van der Waals surface area contributed by atoms with Crippen LogP contribution in [0.1, 0.15) is 76.0 Å². The van der Waals surface area contributed by atoms with Gasteiger partial charge in [0.15, 0.2) is 0 Å².